The Bertz CT molecular complexity index is 315. The van der Waals surface area contributed by atoms with Gasteiger partial charge in [0.05, 0.1) is 17.9 Å². The van der Waals surface area contributed by atoms with E-state index in [1.165, 1.54) is 6.20 Å². The summed E-state index contributed by atoms with van der Waals surface area (Å²) in [7, 11) is 0. The summed E-state index contributed by atoms with van der Waals surface area (Å²) < 4.78 is 0. The van der Waals surface area contributed by atoms with Crippen LogP contribution < -0.4 is 0 Å². The van der Waals surface area contributed by atoms with Crippen molar-refractivity contribution in [3.05, 3.63) is 23.0 Å². The molecule has 5 heteroatoms. The molecular weight excluding hydrogens is 182 g/mol. The number of nitrogens with zero attached hydrogens (tertiary/aromatic N) is 1. The van der Waals surface area contributed by atoms with E-state index < -0.39 is 0 Å². The minimum atomic E-state index is -0.297. The monoisotopic (exact) mass is 193 g/mol. The Kier molecular flexibility index (Phi) is 4.90. The Hall–Kier alpha value is -0.654. The topological polar surface area (TPSA) is 70.4 Å². The van der Waals surface area contributed by atoms with Crippen LogP contribution in [0.5, 0.6) is 5.75 Å². The lowest BCUT2D eigenvalue weighted by Crippen LogP contribution is -1.96. The molecule has 0 radical (unpaired) electrons. The number of rotatable bonds is 2. The summed E-state index contributed by atoms with van der Waals surface area (Å²) in [5, 5.41) is 18.1. The molecule has 0 atom stereocenters. The van der Waals surface area contributed by atoms with Crippen molar-refractivity contribution in [1.29, 1.82) is 0 Å². The van der Waals surface area contributed by atoms with E-state index in [1.807, 2.05) is 0 Å². The van der Waals surface area contributed by atoms with Gasteiger partial charge in [0, 0.05) is 11.8 Å². The molecule has 0 aliphatic carbocycles. The average Bonchev–Trinajstić information content (AvgIpc) is 2.09. The molecule has 13 heavy (non-hydrogen) atoms. The van der Waals surface area contributed by atoms with Gasteiger partial charge in [-0.1, -0.05) is 0 Å². The quantitative estimate of drug-likeness (QED) is 0.490. The molecule has 2 N–H and O–H groups in total. The Labute approximate surface area is 91.8 Å². The summed E-state index contributed by atoms with van der Waals surface area (Å²) in [5.74, 6) is -0.156. The summed E-state index contributed by atoms with van der Waals surface area (Å²) in [6.45, 7) is 1.29. The summed E-state index contributed by atoms with van der Waals surface area (Å²) in [5.41, 5.74) is 0.840. The van der Waals surface area contributed by atoms with Crippen LogP contribution in [0.3, 0.4) is 0 Å². The van der Waals surface area contributed by atoms with Gasteiger partial charge >= 0.3 is 23.1 Å². The zero-order valence-electron chi connectivity index (χ0n) is 6.61. The summed E-state index contributed by atoms with van der Waals surface area (Å²) in [4.78, 5) is 14.2. The van der Waals surface area contributed by atoms with Crippen LogP contribution in [0.4, 0.5) is 0 Å². The molecule has 68 valence electrons. The third kappa shape index (κ3) is 2.39. The molecule has 1 aromatic heterocycles. The first-order valence-electron chi connectivity index (χ1n) is 3.44. The first-order valence-corrected chi connectivity index (χ1v) is 3.44. The molecular formula is C8H11MgNO3. The number of carbonyl (C=O) groups is 1. The van der Waals surface area contributed by atoms with Crippen LogP contribution in [0, 0.1) is 6.92 Å². The lowest BCUT2D eigenvalue weighted by molar-refractivity contribution is 0.111. The van der Waals surface area contributed by atoms with Crippen LogP contribution in [0.2, 0.25) is 0 Å². The largest absolute Gasteiger partial charge is 0.505 e. The molecule has 0 aliphatic heterocycles. The molecule has 0 aromatic carbocycles. The van der Waals surface area contributed by atoms with Crippen molar-refractivity contribution in [3.63, 3.8) is 0 Å². The molecule has 0 amide bonds. The number of hydrogen-bond donors (Lipinski definition) is 2. The fraction of sp³-hybridized carbons (Fsp3) is 0.250. The van der Waals surface area contributed by atoms with E-state index in [2.05, 4.69) is 4.98 Å². The predicted molar refractivity (Wildman–Crippen MR) is 50.5 cm³/mol. The maximum absolute atomic E-state index is 10.5. The van der Waals surface area contributed by atoms with Crippen molar-refractivity contribution in [2.75, 3.05) is 0 Å². The number of carbonyl (C=O) groups excluding carboxylic acids is 1. The lowest BCUT2D eigenvalue weighted by Gasteiger charge is -2.04. The van der Waals surface area contributed by atoms with Crippen molar-refractivity contribution in [2.45, 2.75) is 13.5 Å². The van der Waals surface area contributed by atoms with E-state index in [-0.39, 0.29) is 41.0 Å². The summed E-state index contributed by atoms with van der Waals surface area (Å²) in [6.07, 6.45) is 1.88. The third-order valence-electron chi connectivity index (χ3n) is 1.65. The Morgan fingerprint density at radius 1 is 1.62 bits per heavy atom. The number of aldehydes is 1. The number of aromatic hydroxyl groups is 1. The molecule has 4 nitrogen and oxygen atoms in total. The van der Waals surface area contributed by atoms with E-state index in [0.717, 1.165) is 0 Å². The van der Waals surface area contributed by atoms with Crippen molar-refractivity contribution in [3.8, 4) is 5.75 Å². The Morgan fingerprint density at radius 2 is 2.23 bits per heavy atom. The molecule has 0 saturated heterocycles. The maximum Gasteiger partial charge on any atom is 0.316 e. The second-order valence-electron chi connectivity index (χ2n) is 2.41. The zero-order chi connectivity index (χ0) is 9.14. The van der Waals surface area contributed by atoms with Gasteiger partial charge in [-0.25, -0.2) is 0 Å². The molecule has 0 fully saturated rings. The van der Waals surface area contributed by atoms with Crippen LogP contribution in [0.15, 0.2) is 6.20 Å². The predicted octanol–water partition coefficient (Wildman–Crippen LogP) is -0.516. The summed E-state index contributed by atoms with van der Waals surface area (Å²) >= 11 is 0. The smallest absolute Gasteiger partial charge is 0.316 e. The van der Waals surface area contributed by atoms with Crippen LogP contribution >= 0.6 is 0 Å². The van der Waals surface area contributed by atoms with Crippen molar-refractivity contribution < 1.29 is 15.0 Å². The van der Waals surface area contributed by atoms with E-state index >= 15 is 0 Å². The Balaban J connectivity index is 0.00000144. The van der Waals surface area contributed by atoms with Gasteiger partial charge in [-0.15, -0.1) is 0 Å². The lowest BCUT2D eigenvalue weighted by atomic mass is 10.1. The number of aryl methyl sites for hydroxylation is 1. The van der Waals surface area contributed by atoms with Crippen molar-refractivity contribution in [2.24, 2.45) is 0 Å². The molecule has 1 aromatic rings. The van der Waals surface area contributed by atoms with Crippen LogP contribution in [0.1, 0.15) is 21.6 Å². The van der Waals surface area contributed by atoms with Crippen molar-refractivity contribution >= 4 is 29.3 Å². The molecule has 0 aliphatic rings. The molecule has 0 saturated carbocycles. The summed E-state index contributed by atoms with van der Waals surface area (Å²) in [6, 6.07) is 0. The minimum absolute atomic E-state index is 0. The van der Waals surface area contributed by atoms with Gasteiger partial charge in [0.2, 0.25) is 0 Å². The minimum Gasteiger partial charge on any atom is -0.505 e. The Morgan fingerprint density at radius 3 is 2.69 bits per heavy atom. The van der Waals surface area contributed by atoms with Gasteiger partial charge in [0.25, 0.3) is 0 Å². The molecule has 1 rings (SSSR count). The van der Waals surface area contributed by atoms with Crippen LogP contribution in [-0.4, -0.2) is 44.5 Å². The fourth-order valence-electron chi connectivity index (χ4n) is 0.910. The standard InChI is InChI=1S/C8H9NO3.Mg.2H/c1-5-8(12)7(4-11)6(3-10)2-9-5;;;/h2,4,10,12H,3H2,1H3;;;. The molecule has 0 unspecified atom stereocenters. The highest BCUT2D eigenvalue weighted by Crippen LogP contribution is 2.21. The number of aromatic nitrogens is 1. The number of aliphatic hydroxyl groups excluding tert-OH is 1. The van der Waals surface area contributed by atoms with Crippen LogP contribution in [0.25, 0.3) is 0 Å². The number of hydrogen-bond acceptors (Lipinski definition) is 4. The van der Waals surface area contributed by atoms with Gasteiger partial charge in [-0.2, -0.15) is 0 Å². The molecule has 1 heterocycles. The highest BCUT2D eigenvalue weighted by molar-refractivity contribution is 5.81. The third-order valence-corrected chi connectivity index (χ3v) is 1.65. The van der Waals surface area contributed by atoms with Gasteiger partial charge in [-0.05, 0) is 6.92 Å². The molecule has 0 bridgehead atoms. The highest BCUT2D eigenvalue weighted by atomic mass is 24.3. The average molecular weight is 193 g/mol. The first-order chi connectivity index (χ1) is 5.70. The second kappa shape index (κ2) is 5.16. The zero-order valence-corrected chi connectivity index (χ0v) is 6.61. The highest BCUT2D eigenvalue weighted by Gasteiger charge is 2.09. The molecule has 0 spiro atoms. The fourth-order valence-corrected chi connectivity index (χ4v) is 0.910. The van der Waals surface area contributed by atoms with Gasteiger partial charge in [0.1, 0.15) is 5.75 Å². The number of pyridine rings is 1. The maximum atomic E-state index is 10.5. The van der Waals surface area contributed by atoms with E-state index in [4.69, 9.17) is 5.11 Å². The van der Waals surface area contributed by atoms with Gasteiger partial charge in [-0.3, -0.25) is 9.78 Å². The van der Waals surface area contributed by atoms with E-state index in [9.17, 15) is 9.90 Å². The van der Waals surface area contributed by atoms with Crippen LogP contribution in [-0.2, 0) is 6.61 Å². The van der Waals surface area contributed by atoms with Gasteiger partial charge < -0.3 is 10.2 Å². The van der Waals surface area contributed by atoms with Gasteiger partial charge in [0.15, 0.2) is 6.29 Å². The second-order valence-corrected chi connectivity index (χ2v) is 2.41. The normalized spacial score (nSPS) is 9.08. The first kappa shape index (κ1) is 12.3. The van der Waals surface area contributed by atoms with E-state index in [1.54, 1.807) is 6.92 Å². The SMILES string of the molecule is Cc1ncc(CO)c(C=O)c1O.[MgH2]. The van der Waals surface area contributed by atoms with Crippen molar-refractivity contribution in [1.82, 2.24) is 4.98 Å². The number of aliphatic hydroxyl groups is 1. The van der Waals surface area contributed by atoms with E-state index in [0.29, 0.717) is 17.5 Å².